The van der Waals surface area contributed by atoms with Crippen molar-refractivity contribution >= 4 is 27.3 Å². The molecule has 0 aliphatic rings. The first-order valence-corrected chi connectivity index (χ1v) is 7.15. The van der Waals surface area contributed by atoms with Crippen molar-refractivity contribution in [3.63, 3.8) is 0 Å². The van der Waals surface area contributed by atoms with Gasteiger partial charge in [-0.1, -0.05) is 6.92 Å². The first-order chi connectivity index (χ1) is 8.20. The number of hydrogen-bond acceptors (Lipinski definition) is 4. The molecule has 0 radical (unpaired) electrons. The van der Waals surface area contributed by atoms with Crippen molar-refractivity contribution in [3.8, 4) is 10.6 Å². The van der Waals surface area contributed by atoms with Crippen molar-refractivity contribution in [2.75, 3.05) is 6.54 Å². The topological polar surface area (TPSA) is 51.8 Å². The normalized spacial score (nSPS) is 12.6. The van der Waals surface area contributed by atoms with Gasteiger partial charge in [-0.05, 0) is 41.0 Å². The molecule has 5 heteroatoms. The highest BCUT2D eigenvalue weighted by Gasteiger charge is 2.10. The average molecular weight is 312 g/mol. The third-order valence-electron chi connectivity index (χ3n) is 2.53. The van der Waals surface area contributed by atoms with Crippen LogP contribution in [0.5, 0.6) is 0 Å². The fourth-order valence-corrected chi connectivity index (χ4v) is 2.97. The first kappa shape index (κ1) is 12.7. The molecule has 3 nitrogen and oxygen atoms in total. The van der Waals surface area contributed by atoms with Crippen LogP contribution in [0.25, 0.3) is 10.6 Å². The number of nitrogens with zero attached hydrogens (tertiary/aromatic N) is 2. The highest BCUT2D eigenvalue weighted by Crippen LogP contribution is 2.29. The molecule has 0 aromatic carbocycles. The van der Waals surface area contributed by atoms with Gasteiger partial charge >= 0.3 is 0 Å². The molecular formula is C12H14BrN3S. The van der Waals surface area contributed by atoms with E-state index in [9.17, 15) is 0 Å². The highest BCUT2D eigenvalue weighted by atomic mass is 79.9. The maximum absolute atomic E-state index is 5.56. The molecule has 0 saturated heterocycles. The fourth-order valence-electron chi connectivity index (χ4n) is 1.57. The Morgan fingerprint density at radius 1 is 1.53 bits per heavy atom. The summed E-state index contributed by atoms with van der Waals surface area (Å²) in [6.45, 7) is 2.77. The summed E-state index contributed by atoms with van der Waals surface area (Å²) in [6.07, 6.45) is 2.73. The summed E-state index contributed by atoms with van der Waals surface area (Å²) in [6, 6.07) is 4.02. The monoisotopic (exact) mass is 311 g/mol. The number of nitrogens with two attached hydrogens (primary N) is 1. The Balaban J connectivity index is 2.28. The predicted molar refractivity (Wildman–Crippen MR) is 75.1 cm³/mol. The third kappa shape index (κ3) is 3.12. The summed E-state index contributed by atoms with van der Waals surface area (Å²) >= 11 is 5.13. The van der Waals surface area contributed by atoms with E-state index in [4.69, 9.17) is 5.73 Å². The van der Waals surface area contributed by atoms with Crippen LogP contribution in [-0.2, 0) is 0 Å². The minimum absolute atomic E-state index is 0.309. The molecule has 0 saturated carbocycles. The summed E-state index contributed by atoms with van der Waals surface area (Å²) in [4.78, 5) is 10.1. The van der Waals surface area contributed by atoms with E-state index in [1.807, 2.05) is 12.3 Å². The van der Waals surface area contributed by atoms with Gasteiger partial charge in [0.15, 0.2) is 0 Å². The Kier molecular flexibility index (Phi) is 4.25. The molecule has 0 amide bonds. The van der Waals surface area contributed by atoms with Crippen LogP contribution in [0.1, 0.15) is 25.1 Å². The molecule has 90 valence electrons. The van der Waals surface area contributed by atoms with Gasteiger partial charge in [-0.15, -0.1) is 11.3 Å². The molecule has 2 N–H and O–H groups in total. The van der Waals surface area contributed by atoms with E-state index in [-0.39, 0.29) is 0 Å². The van der Waals surface area contributed by atoms with E-state index >= 15 is 0 Å². The Morgan fingerprint density at radius 2 is 2.35 bits per heavy atom. The summed E-state index contributed by atoms with van der Waals surface area (Å²) in [7, 11) is 0. The van der Waals surface area contributed by atoms with E-state index in [2.05, 4.69) is 44.3 Å². The van der Waals surface area contributed by atoms with Gasteiger partial charge in [0.1, 0.15) is 5.82 Å². The summed E-state index contributed by atoms with van der Waals surface area (Å²) < 4.78 is 1.09. The lowest BCUT2D eigenvalue weighted by Crippen LogP contribution is -2.07. The molecule has 2 aromatic rings. The van der Waals surface area contributed by atoms with Crippen molar-refractivity contribution in [1.82, 2.24) is 9.97 Å². The van der Waals surface area contributed by atoms with E-state index < -0.39 is 0 Å². The van der Waals surface area contributed by atoms with Crippen molar-refractivity contribution in [2.45, 2.75) is 19.3 Å². The first-order valence-electron chi connectivity index (χ1n) is 5.48. The molecule has 2 aromatic heterocycles. The second-order valence-corrected chi connectivity index (χ2v) is 5.73. The maximum atomic E-state index is 5.56. The molecular weight excluding hydrogens is 298 g/mol. The SMILES string of the molecule is CC(CCN)c1nccc(-c2cc(Br)cs2)n1. The Bertz CT molecular complexity index is 498. The van der Waals surface area contributed by atoms with Crippen LogP contribution >= 0.6 is 27.3 Å². The van der Waals surface area contributed by atoms with Crippen LogP contribution in [0.4, 0.5) is 0 Å². The molecule has 0 bridgehead atoms. The van der Waals surface area contributed by atoms with Gasteiger partial charge in [-0.2, -0.15) is 0 Å². The van der Waals surface area contributed by atoms with E-state index in [0.717, 1.165) is 27.3 Å². The largest absolute Gasteiger partial charge is 0.330 e. The lowest BCUT2D eigenvalue weighted by molar-refractivity contribution is 0.648. The zero-order valence-corrected chi connectivity index (χ0v) is 12.0. The fraction of sp³-hybridized carbons (Fsp3) is 0.333. The van der Waals surface area contributed by atoms with Crippen molar-refractivity contribution in [2.24, 2.45) is 5.73 Å². The minimum atomic E-state index is 0.309. The van der Waals surface area contributed by atoms with E-state index in [1.165, 1.54) is 0 Å². The van der Waals surface area contributed by atoms with Crippen molar-refractivity contribution in [3.05, 3.63) is 34.0 Å². The van der Waals surface area contributed by atoms with Gasteiger partial charge in [0, 0.05) is 22.0 Å². The zero-order valence-electron chi connectivity index (χ0n) is 9.56. The zero-order chi connectivity index (χ0) is 12.3. The van der Waals surface area contributed by atoms with Gasteiger partial charge in [0.05, 0.1) is 10.6 Å². The van der Waals surface area contributed by atoms with Crippen LogP contribution in [0, 0.1) is 0 Å². The summed E-state index contributed by atoms with van der Waals surface area (Å²) in [5, 5.41) is 2.06. The molecule has 0 spiro atoms. The molecule has 2 rings (SSSR count). The number of rotatable bonds is 4. The standard InChI is InChI=1S/C12H14BrN3S/c1-8(2-4-14)12-15-5-3-10(16-12)11-6-9(13)7-17-11/h3,5-8H,2,4,14H2,1H3. The Hall–Kier alpha value is -0.780. The summed E-state index contributed by atoms with van der Waals surface area (Å²) in [5.74, 6) is 1.18. The number of hydrogen-bond donors (Lipinski definition) is 1. The molecule has 0 aliphatic carbocycles. The van der Waals surface area contributed by atoms with Crippen LogP contribution in [0.15, 0.2) is 28.2 Å². The Labute approximate surface area is 113 Å². The van der Waals surface area contributed by atoms with Crippen LogP contribution in [-0.4, -0.2) is 16.5 Å². The Morgan fingerprint density at radius 3 is 3.00 bits per heavy atom. The molecule has 0 aliphatic heterocycles. The number of halogens is 1. The second-order valence-electron chi connectivity index (χ2n) is 3.91. The molecule has 17 heavy (non-hydrogen) atoms. The van der Waals surface area contributed by atoms with Gasteiger partial charge in [-0.3, -0.25) is 0 Å². The molecule has 1 unspecified atom stereocenters. The summed E-state index contributed by atoms with van der Waals surface area (Å²) in [5.41, 5.74) is 6.54. The van der Waals surface area contributed by atoms with Crippen LogP contribution in [0.3, 0.4) is 0 Å². The predicted octanol–water partition coefficient (Wildman–Crippen LogP) is 3.42. The number of thiophene rings is 1. The van der Waals surface area contributed by atoms with Crippen molar-refractivity contribution < 1.29 is 0 Å². The molecule has 0 fully saturated rings. The van der Waals surface area contributed by atoms with Crippen molar-refractivity contribution in [1.29, 1.82) is 0 Å². The quantitative estimate of drug-likeness (QED) is 0.941. The average Bonchev–Trinajstić information content (AvgIpc) is 2.76. The minimum Gasteiger partial charge on any atom is -0.330 e. The highest BCUT2D eigenvalue weighted by molar-refractivity contribution is 9.10. The van der Waals surface area contributed by atoms with Gasteiger partial charge in [0.25, 0.3) is 0 Å². The molecule has 1 atom stereocenters. The van der Waals surface area contributed by atoms with Crippen LogP contribution < -0.4 is 5.73 Å². The van der Waals surface area contributed by atoms with Gasteiger partial charge in [0.2, 0.25) is 0 Å². The van der Waals surface area contributed by atoms with E-state index in [1.54, 1.807) is 11.3 Å². The number of aromatic nitrogens is 2. The lowest BCUT2D eigenvalue weighted by Gasteiger charge is -2.08. The molecule has 2 heterocycles. The smallest absolute Gasteiger partial charge is 0.131 e. The third-order valence-corrected chi connectivity index (χ3v) is 4.25. The lowest BCUT2D eigenvalue weighted by atomic mass is 10.1. The van der Waals surface area contributed by atoms with Crippen LogP contribution in [0.2, 0.25) is 0 Å². The van der Waals surface area contributed by atoms with Gasteiger partial charge < -0.3 is 5.73 Å². The van der Waals surface area contributed by atoms with Gasteiger partial charge in [-0.25, -0.2) is 9.97 Å². The second kappa shape index (κ2) is 5.71. The maximum Gasteiger partial charge on any atom is 0.131 e. The van der Waals surface area contributed by atoms with E-state index in [0.29, 0.717) is 12.5 Å².